The van der Waals surface area contributed by atoms with E-state index in [1.54, 1.807) is 6.26 Å². The van der Waals surface area contributed by atoms with E-state index in [1.807, 2.05) is 12.1 Å². The first-order valence-electron chi connectivity index (χ1n) is 5.57. The molecule has 0 amide bonds. The van der Waals surface area contributed by atoms with Crippen molar-refractivity contribution in [3.05, 3.63) is 54.0 Å². The number of aryl methyl sites for hydroxylation is 1. The number of hydrogen-bond acceptors (Lipinski definition) is 2. The number of benzene rings is 1. The molecule has 0 fully saturated rings. The number of anilines is 1. The Bertz CT molecular complexity index is 491. The molecule has 2 rings (SSSR count). The van der Waals surface area contributed by atoms with E-state index in [2.05, 4.69) is 42.0 Å². The monoisotopic (exact) mass is 225 g/mol. The predicted octanol–water partition coefficient (Wildman–Crippen LogP) is 3.23. The van der Waals surface area contributed by atoms with Crippen molar-refractivity contribution in [2.75, 3.05) is 11.4 Å². The second-order valence-electron chi connectivity index (χ2n) is 3.98. The lowest BCUT2D eigenvalue weighted by Gasteiger charge is -2.21. The molecule has 86 valence electrons. The van der Waals surface area contributed by atoms with Gasteiger partial charge in [-0.1, -0.05) is 23.6 Å². The fourth-order valence-electron chi connectivity index (χ4n) is 1.69. The zero-order chi connectivity index (χ0) is 12.1. The van der Waals surface area contributed by atoms with Crippen LogP contribution in [0.1, 0.15) is 11.3 Å². The summed E-state index contributed by atoms with van der Waals surface area (Å²) in [6.07, 6.45) is 7.08. The average molecular weight is 225 g/mol. The summed E-state index contributed by atoms with van der Waals surface area (Å²) in [5, 5.41) is 0. The van der Waals surface area contributed by atoms with E-state index in [1.165, 1.54) is 5.56 Å². The highest BCUT2D eigenvalue weighted by Gasteiger charge is 2.07. The van der Waals surface area contributed by atoms with Gasteiger partial charge in [0.2, 0.25) is 0 Å². The smallest absolute Gasteiger partial charge is 0.123 e. The maximum atomic E-state index is 5.40. The second kappa shape index (κ2) is 5.27. The number of hydrogen-bond donors (Lipinski definition) is 0. The first-order valence-corrected chi connectivity index (χ1v) is 5.57. The lowest BCUT2D eigenvalue weighted by Crippen LogP contribution is -2.22. The summed E-state index contributed by atoms with van der Waals surface area (Å²) < 4.78 is 5.35. The standard InChI is InChI=1S/C15H15NO/c1-3-10-16(12-15-5-4-11-17-15)14-8-6-13(2)7-9-14/h1,4-9,11H,10,12H2,2H3. The Balaban J connectivity index is 2.17. The van der Waals surface area contributed by atoms with Gasteiger partial charge in [0.25, 0.3) is 0 Å². The Hall–Kier alpha value is -2.14. The molecule has 2 aromatic rings. The summed E-state index contributed by atoms with van der Waals surface area (Å²) in [7, 11) is 0. The minimum atomic E-state index is 0.573. The predicted molar refractivity (Wildman–Crippen MR) is 69.8 cm³/mol. The molecule has 0 aliphatic rings. The van der Waals surface area contributed by atoms with Crippen molar-refractivity contribution in [2.45, 2.75) is 13.5 Å². The summed E-state index contributed by atoms with van der Waals surface area (Å²) in [4.78, 5) is 2.11. The van der Waals surface area contributed by atoms with Gasteiger partial charge in [-0.25, -0.2) is 0 Å². The van der Waals surface area contributed by atoms with Crippen LogP contribution >= 0.6 is 0 Å². The van der Waals surface area contributed by atoms with E-state index in [9.17, 15) is 0 Å². The van der Waals surface area contributed by atoms with Gasteiger partial charge in [0.15, 0.2) is 0 Å². The SMILES string of the molecule is C#CCN(Cc1ccco1)c1ccc(C)cc1. The highest BCUT2D eigenvalue weighted by atomic mass is 16.3. The van der Waals surface area contributed by atoms with Crippen LogP contribution in [-0.4, -0.2) is 6.54 Å². The number of nitrogens with zero attached hydrogens (tertiary/aromatic N) is 1. The summed E-state index contributed by atoms with van der Waals surface area (Å²) in [5.74, 6) is 3.60. The molecule has 1 heterocycles. The summed E-state index contributed by atoms with van der Waals surface area (Å²) in [6.45, 7) is 3.34. The molecule has 1 aromatic carbocycles. The molecule has 17 heavy (non-hydrogen) atoms. The number of furan rings is 1. The van der Waals surface area contributed by atoms with Crippen LogP contribution in [0.25, 0.3) is 0 Å². The fourth-order valence-corrected chi connectivity index (χ4v) is 1.69. The van der Waals surface area contributed by atoms with Crippen LogP contribution < -0.4 is 4.90 Å². The topological polar surface area (TPSA) is 16.4 Å². The molecule has 0 saturated heterocycles. The average Bonchev–Trinajstić information content (AvgIpc) is 2.82. The third-order valence-electron chi connectivity index (χ3n) is 2.61. The molecule has 0 aliphatic carbocycles. The van der Waals surface area contributed by atoms with E-state index in [-0.39, 0.29) is 0 Å². The van der Waals surface area contributed by atoms with Crippen LogP contribution in [0, 0.1) is 19.3 Å². The van der Waals surface area contributed by atoms with Crippen LogP contribution in [0.2, 0.25) is 0 Å². The van der Waals surface area contributed by atoms with Crippen molar-refractivity contribution < 1.29 is 4.42 Å². The van der Waals surface area contributed by atoms with Crippen molar-refractivity contribution in [1.29, 1.82) is 0 Å². The molecule has 2 heteroatoms. The third-order valence-corrected chi connectivity index (χ3v) is 2.61. The Morgan fingerprint density at radius 2 is 2.00 bits per heavy atom. The van der Waals surface area contributed by atoms with Gasteiger partial charge in [0.1, 0.15) is 5.76 Å². The molecule has 0 atom stereocenters. The lowest BCUT2D eigenvalue weighted by atomic mass is 10.2. The number of terminal acetylenes is 1. The molecule has 0 radical (unpaired) electrons. The van der Waals surface area contributed by atoms with E-state index in [4.69, 9.17) is 10.8 Å². The van der Waals surface area contributed by atoms with Crippen molar-refractivity contribution >= 4 is 5.69 Å². The Morgan fingerprint density at radius 1 is 1.24 bits per heavy atom. The lowest BCUT2D eigenvalue weighted by molar-refractivity contribution is 0.505. The zero-order valence-electron chi connectivity index (χ0n) is 9.89. The Labute approximate surface area is 102 Å². The second-order valence-corrected chi connectivity index (χ2v) is 3.98. The van der Waals surface area contributed by atoms with Crippen LogP contribution in [0.5, 0.6) is 0 Å². The molecule has 1 aromatic heterocycles. The van der Waals surface area contributed by atoms with Gasteiger partial charge in [0.05, 0.1) is 19.4 Å². The molecular weight excluding hydrogens is 210 g/mol. The van der Waals surface area contributed by atoms with Crippen molar-refractivity contribution in [1.82, 2.24) is 0 Å². The van der Waals surface area contributed by atoms with Crippen molar-refractivity contribution in [2.24, 2.45) is 0 Å². The quantitative estimate of drug-likeness (QED) is 0.743. The van der Waals surface area contributed by atoms with Gasteiger partial charge in [-0.15, -0.1) is 6.42 Å². The van der Waals surface area contributed by atoms with E-state index >= 15 is 0 Å². The first-order chi connectivity index (χ1) is 8.29. The summed E-state index contributed by atoms with van der Waals surface area (Å²) in [5.41, 5.74) is 2.36. The summed E-state index contributed by atoms with van der Waals surface area (Å²) >= 11 is 0. The summed E-state index contributed by atoms with van der Waals surface area (Å²) in [6, 6.07) is 12.2. The molecule has 0 N–H and O–H groups in total. The van der Waals surface area contributed by atoms with Crippen LogP contribution in [-0.2, 0) is 6.54 Å². The largest absolute Gasteiger partial charge is 0.467 e. The van der Waals surface area contributed by atoms with Crippen LogP contribution in [0.3, 0.4) is 0 Å². The Kier molecular flexibility index (Phi) is 3.52. The third kappa shape index (κ3) is 2.92. The van der Waals surface area contributed by atoms with Crippen LogP contribution in [0.15, 0.2) is 47.1 Å². The van der Waals surface area contributed by atoms with Crippen molar-refractivity contribution in [3.63, 3.8) is 0 Å². The highest BCUT2D eigenvalue weighted by Crippen LogP contribution is 2.17. The maximum Gasteiger partial charge on any atom is 0.123 e. The van der Waals surface area contributed by atoms with Gasteiger partial charge < -0.3 is 9.32 Å². The van der Waals surface area contributed by atoms with Gasteiger partial charge in [0, 0.05) is 5.69 Å². The maximum absolute atomic E-state index is 5.40. The van der Waals surface area contributed by atoms with Crippen LogP contribution in [0.4, 0.5) is 5.69 Å². The molecule has 0 saturated carbocycles. The fraction of sp³-hybridized carbons (Fsp3) is 0.200. The minimum Gasteiger partial charge on any atom is -0.467 e. The minimum absolute atomic E-state index is 0.573. The normalized spacial score (nSPS) is 9.88. The molecule has 0 bridgehead atoms. The molecule has 0 aliphatic heterocycles. The van der Waals surface area contributed by atoms with Gasteiger partial charge in [-0.2, -0.15) is 0 Å². The van der Waals surface area contributed by atoms with Gasteiger partial charge in [-0.05, 0) is 31.2 Å². The highest BCUT2D eigenvalue weighted by molar-refractivity contribution is 5.48. The molecule has 0 unspecified atom stereocenters. The van der Waals surface area contributed by atoms with E-state index in [0.29, 0.717) is 13.1 Å². The van der Waals surface area contributed by atoms with Gasteiger partial charge in [-0.3, -0.25) is 0 Å². The molecule has 0 spiro atoms. The first kappa shape index (κ1) is 11.3. The van der Waals surface area contributed by atoms with Crippen molar-refractivity contribution in [3.8, 4) is 12.3 Å². The molecular formula is C15H15NO. The van der Waals surface area contributed by atoms with E-state index < -0.39 is 0 Å². The van der Waals surface area contributed by atoms with E-state index in [0.717, 1.165) is 11.4 Å². The Morgan fingerprint density at radius 3 is 2.59 bits per heavy atom. The number of rotatable bonds is 4. The molecule has 2 nitrogen and oxygen atoms in total. The zero-order valence-corrected chi connectivity index (χ0v) is 9.89. The van der Waals surface area contributed by atoms with Gasteiger partial charge >= 0.3 is 0 Å².